The van der Waals surface area contributed by atoms with Crippen LogP contribution in [-0.4, -0.2) is 6.29 Å². The number of aldehydes is 1. The summed E-state index contributed by atoms with van der Waals surface area (Å²) in [4.78, 5) is 10.5. The third-order valence-corrected chi connectivity index (χ3v) is 2.67. The van der Waals surface area contributed by atoms with Crippen LogP contribution < -0.4 is 4.74 Å². The molecule has 0 saturated carbocycles. The van der Waals surface area contributed by atoms with Gasteiger partial charge in [-0.25, -0.2) is 0 Å². The van der Waals surface area contributed by atoms with E-state index in [4.69, 9.17) is 10.00 Å². The summed E-state index contributed by atoms with van der Waals surface area (Å²) >= 11 is 0. The molecule has 3 nitrogen and oxygen atoms in total. The average molecular weight is 291 g/mol. The van der Waals surface area contributed by atoms with Gasteiger partial charge < -0.3 is 4.74 Å². The number of rotatable bonds is 3. The SMILES string of the molecule is N#Cc1ccc(Oc2ccc(C=O)cc2)cc1C(F)(F)F. The first-order valence-electron chi connectivity index (χ1n) is 5.78. The van der Waals surface area contributed by atoms with Crippen LogP contribution in [0.3, 0.4) is 0 Å². The smallest absolute Gasteiger partial charge is 0.417 e. The molecule has 2 aromatic carbocycles. The lowest BCUT2D eigenvalue weighted by Crippen LogP contribution is -2.07. The van der Waals surface area contributed by atoms with E-state index in [1.54, 1.807) is 0 Å². The summed E-state index contributed by atoms with van der Waals surface area (Å²) in [5.74, 6) is 0.249. The number of halogens is 3. The molecule has 0 radical (unpaired) electrons. The van der Waals surface area contributed by atoms with Gasteiger partial charge in [-0.05, 0) is 42.5 Å². The molecule has 0 heterocycles. The first-order valence-corrected chi connectivity index (χ1v) is 5.78. The van der Waals surface area contributed by atoms with Gasteiger partial charge in [0.2, 0.25) is 0 Å². The van der Waals surface area contributed by atoms with Gasteiger partial charge in [-0.1, -0.05) is 0 Å². The molecule has 2 rings (SSSR count). The van der Waals surface area contributed by atoms with Gasteiger partial charge in [-0.2, -0.15) is 18.4 Å². The van der Waals surface area contributed by atoms with Crippen LogP contribution in [0.15, 0.2) is 42.5 Å². The Morgan fingerprint density at radius 2 is 1.67 bits per heavy atom. The molecule has 0 aliphatic heterocycles. The highest BCUT2D eigenvalue weighted by Crippen LogP contribution is 2.35. The number of carbonyl (C=O) groups excluding carboxylic acids is 1. The van der Waals surface area contributed by atoms with Gasteiger partial charge in [0.25, 0.3) is 0 Å². The minimum absolute atomic E-state index is 0.0415. The van der Waals surface area contributed by atoms with Gasteiger partial charge in [0, 0.05) is 5.56 Å². The normalized spacial score (nSPS) is 10.8. The Hall–Kier alpha value is -2.81. The number of alkyl halides is 3. The molecule has 0 saturated heterocycles. The van der Waals surface area contributed by atoms with Crippen molar-refractivity contribution in [1.29, 1.82) is 5.26 Å². The van der Waals surface area contributed by atoms with Crippen LogP contribution in [0, 0.1) is 11.3 Å². The molecule has 0 N–H and O–H groups in total. The number of nitriles is 1. The van der Waals surface area contributed by atoms with Crippen LogP contribution in [-0.2, 0) is 6.18 Å². The number of ether oxygens (including phenoxy) is 1. The number of benzene rings is 2. The van der Waals surface area contributed by atoms with Gasteiger partial charge in [-0.3, -0.25) is 4.79 Å². The van der Waals surface area contributed by atoms with E-state index in [-0.39, 0.29) is 5.75 Å². The Morgan fingerprint density at radius 1 is 1.05 bits per heavy atom. The third-order valence-electron chi connectivity index (χ3n) is 2.67. The first-order chi connectivity index (χ1) is 9.94. The summed E-state index contributed by atoms with van der Waals surface area (Å²) in [6, 6.07) is 10.5. The molecule has 0 aliphatic rings. The molecule has 0 spiro atoms. The van der Waals surface area contributed by atoms with Crippen LogP contribution in [0.4, 0.5) is 13.2 Å². The highest BCUT2D eigenvalue weighted by Gasteiger charge is 2.34. The molecule has 0 atom stereocenters. The van der Waals surface area contributed by atoms with E-state index in [2.05, 4.69) is 0 Å². The van der Waals surface area contributed by atoms with E-state index in [1.807, 2.05) is 0 Å². The molecule has 0 aliphatic carbocycles. The number of nitrogens with zero attached hydrogens (tertiary/aromatic N) is 1. The Morgan fingerprint density at radius 3 is 2.19 bits per heavy atom. The lowest BCUT2D eigenvalue weighted by molar-refractivity contribution is -0.137. The van der Waals surface area contributed by atoms with Crippen molar-refractivity contribution in [2.45, 2.75) is 6.18 Å². The van der Waals surface area contributed by atoms with E-state index in [9.17, 15) is 18.0 Å². The van der Waals surface area contributed by atoms with Crippen molar-refractivity contribution in [1.82, 2.24) is 0 Å². The Balaban J connectivity index is 2.32. The maximum absolute atomic E-state index is 12.8. The van der Waals surface area contributed by atoms with Gasteiger partial charge in [-0.15, -0.1) is 0 Å². The second-order valence-corrected chi connectivity index (χ2v) is 4.11. The lowest BCUT2D eigenvalue weighted by Gasteiger charge is -2.11. The summed E-state index contributed by atoms with van der Waals surface area (Å²) in [7, 11) is 0. The van der Waals surface area contributed by atoms with Crippen LogP contribution in [0.5, 0.6) is 11.5 Å². The van der Waals surface area contributed by atoms with Crippen molar-refractivity contribution in [2.75, 3.05) is 0 Å². The minimum Gasteiger partial charge on any atom is -0.457 e. The molecule has 0 aromatic heterocycles. The fraction of sp³-hybridized carbons (Fsp3) is 0.0667. The zero-order valence-corrected chi connectivity index (χ0v) is 10.5. The minimum atomic E-state index is -4.63. The summed E-state index contributed by atoms with van der Waals surface area (Å²) in [5.41, 5.74) is -1.09. The molecular weight excluding hydrogens is 283 g/mol. The van der Waals surface area contributed by atoms with Crippen molar-refractivity contribution in [3.05, 3.63) is 59.2 Å². The van der Waals surface area contributed by atoms with Gasteiger partial charge in [0.05, 0.1) is 17.2 Å². The fourth-order valence-corrected chi connectivity index (χ4v) is 1.67. The Labute approximate surface area is 118 Å². The molecule has 6 heteroatoms. The molecule has 0 amide bonds. The fourth-order valence-electron chi connectivity index (χ4n) is 1.67. The van der Waals surface area contributed by atoms with Crippen LogP contribution in [0.1, 0.15) is 21.5 Å². The Kier molecular flexibility index (Phi) is 3.94. The monoisotopic (exact) mass is 291 g/mol. The van der Waals surface area contributed by atoms with Crippen LogP contribution in [0.25, 0.3) is 0 Å². The number of hydrogen-bond donors (Lipinski definition) is 0. The van der Waals surface area contributed by atoms with Crippen molar-refractivity contribution in [3.8, 4) is 17.6 Å². The molecular formula is C15H8F3NO2. The summed E-state index contributed by atoms with van der Waals surface area (Å²) in [6.45, 7) is 0. The van der Waals surface area contributed by atoms with Crippen molar-refractivity contribution < 1.29 is 22.7 Å². The zero-order valence-electron chi connectivity index (χ0n) is 10.5. The quantitative estimate of drug-likeness (QED) is 0.797. The Bertz CT molecular complexity index is 700. The van der Waals surface area contributed by atoms with E-state index in [0.29, 0.717) is 17.6 Å². The molecule has 21 heavy (non-hydrogen) atoms. The second kappa shape index (κ2) is 5.67. The zero-order chi connectivity index (χ0) is 15.5. The van der Waals surface area contributed by atoms with Gasteiger partial charge in [0.15, 0.2) is 0 Å². The van der Waals surface area contributed by atoms with Crippen molar-refractivity contribution >= 4 is 6.29 Å². The van der Waals surface area contributed by atoms with Crippen LogP contribution in [0.2, 0.25) is 0 Å². The first kappa shape index (κ1) is 14.6. The predicted octanol–water partition coefficient (Wildman–Crippen LogP) is 4.18. The highest BCUT2D eigenvalue weighted by molar-refractivity contribution is 5.74. The van der Waals surface area contributed by atoms with Crippen molar-refractivity contribution in [3.63, 3.8) is 0 Å². The predicted molar refractivity (Wildman–Crippen MR) is 68.1 cm³/mol. The topological polar surface area (TPSA) is 50.1 Å². The average Bonchev–Trinajstić information content (AvgIpc) is 2.47. The summed E-state index contributed by atoms with van der Waals surface area (Å²) in [5, 5.41) is 8.70. The third kappa shape index (κ3) is 3.39. The van der Waals surface area contributed by atoms with Gasteiger partial charge >= 0.3 is 6.18 Å². The maximum Gasteiger partial charge on any atom is 0.417 e. The summed E-state index contributed by atoms with van der Waals surface area (Å²) < 4.78 is 43.7. The van der Waals surface area contributed by atoms with Crippen LogP contribution >= 0.6 is 0 Å². The number of carbonyl (C=O) groups is 1. The summed E-state index contributed by atoms with van der Waals surface area (Å²) in [6.07, 6.45) is -3.99. The second-order valence-electron chi connectivity index (χ2n) is 4.11. The van der Waals surface area contributed by atoms with Gasteiger partial charge in [0.1, 0.15) is 17.8 Å². The molecule has 0 bridgehead atoms. The highest BCUT2D eigenvalue weighted by atomic mass is 19.4. The molecule has 106 valence electrons. The standard InChI is InChI=1S/C15H8F3NO2/c16-15(17,18)14-7-13(6-3-11(14)8-19)21-12-4-1-10(9-20)2-5-12/h1-7,9H. The molecule has 0 unspecified atom stereocenters. The lowest BCUT2D eigenvalue weighted by atomic mass is 10.1. The number of hydrogen-bond acceptors (Lipinski definition) is 3. The van der Waals surface area contributed by atoms with E-state index >= 15 is 0 Å². The van der Waals surface area contributed by atoms with E-state index < -0.39 is 17.3 Å². The van der Waals surface area contributed by atoms with E-state index in [0.717, 1.165) is 12.1 Å². The van der Waals surface area contributed by atoms with E-state index in [1.165, 1.54) is 36.4 Å². The molecule has 2 aromatic rings. The largest absolute Gasteiger partial charge is 0.457 e. The maximum atomic E-state index is 12.8. The molecule has 0 fully saturated rings. The van der Waals surface area contributed by atoms with Crippen molar-refractivity contribution in [2.24, 2.45) is 0 Å².